The third-order valence-corrected chi connectivity index (χ3v) is 4.08. The number of hydrogen-bond acceptors (Lipinski definition) is 3. The number of amides is 4. The van der Waals surface area contributed by atoms with Crippen molar-refractivity contribution in [2.24, 2.45) is 0 Å². The van der Waals surface area contributed by atoms with E-state index in [2.05, 4.69) is 10.6 Å². The molecule has 0 unspecified atom stereocenters. The van der Waals surface area contributed by atoms with E-state index in [0.717, 1.165) is 10.5 Å². The lowest BCUT2D eigenvalue weighted by atomic mass is 10.1. The third kappa shape index (κ3) is 3.80. The molecule has 2 aromatic carbocycles. The van der Waals surface area contributed by atoms with E-state index in [-0.39, 0.29) is 30.9 Å². The van der Waals surface area contributed by atoms with E-state index in [0.29, 0.717) is 22.7 Å². The topological polar surface area (TPSA) is 78.5 Å². The molecule has 1 aliphatic rings. The number of hydrogen-bond donors (Lipinski definition) is 2. The number of nitrogens with one attached hydrogen (secondary N) is 2. The molecule has 0 fully saturated rings. The lowest BCUT2D eigenvalue weighted by Crippen LogP contribution is -2.41. The second kappa shape index (κ2) is 7.36. The minimum atomic E-state index is -0.378. The van der Waals surface area contributed by atoms with E-state index in [1.54, 1.807) is 42.5 Å². The predicted octanol–water partition coefficient (Wildman–Crippen LogP) is 2.44. The summed E-state index contributed by atoms with van der Waals surface area (Å²) in [4.78, 5) is 37.3. The molecule has 0 radical (unpaired) electrons. The number of halogens is 1. The van der Waals surface area contributed by atoms with Gasteiger partial charge in [-0.1, -0.05) is 35.9 Å². The highest BCUT2D eigenvalue weighted by Crippen LogP contribution is 2.21. The van der Waals surface area contributed by atoms with Crippen LogP contribution in [0.5, 0.6) is 0 Å². The van der Waals surface area contributed by atoms with Crippen LogP contribution in [-0.2, 0) is 6.54 Å². The molecular formula is C18H16ClN3O3. The zero-order chi connectivity index (χ0) is 17.8. The lowest BCUT2D eigenvalue weighted by Gasteiger charge is -2.14. The first kappa shape index (κ1) is 17.0. The molecular weight excluding hydrogens is 342 g/mol. The third-order valence-electron chi connectivity index (χ3n) is 3.84. The van der Waals surface area contributed by atoms with Crippen molar-refractivity contribution in [1.29, 1.82) is 0 Å². The second-order valence-electron chi connectivity index (χ2n) is 5.55. The number of benzene rings is 2. The molecule has 2 aromatic rings. The quantitative estimate of drug-likeness (QED) is 0.807. The van der Waals surface area contributed by atoms with Crippen LogP contribution in [0.3, 0.4) is 0 Å². The molecule has 3 rings (SSSR count). The van der Waals surface area contributed by atoms with Crippen molar-refractivity contribution in [1.82, 2.24) is 15.5 Å². The number of carbonyl (C=O) groups is 3. The highest BCUT2D eigenvalue weighted by Gasteiger charge is 2.34. The summed E-state index contributed by atoms with van der Waals surface area (Å²) in [7, 11) is 0. The fraction of sp³-hybridized carbons (Fsp3) is 0.167. The zero-order valence-corrected chi connectivity index (χ0v) is 14.0. The maximum absolute atomic E-state index is 12.2. The smallest absolute Gasteiger partial charge is 0.315 e. The Labute approximate surface area is 149 Å². The highest BCUT2D eigenvalue weighted by atomic mass is 35.5. The molecule has 0 saturated carbocycles. The molecule has 4 amide bonds. The number of rotatable bonds is 5. The Hall–Kier alpha value is -2.86. The van der Waals surface area contributed by atoms with Gasteiger partial charge in [-0.15, -0.1) is 0 Å². The molecule has 0 atom stereocenters. The molecule has 0 aromatic heterocycles. The van der Waals surface area contributed by atoms with E-state index in [9.17, 15) is 14.4 Å². The van der Waals surface area contributed by atoms with Crippen LogP contribution in [0, 0.1) is 0 Å². The van der Waals surface area contributed by atoms with E-state index in [4.69, 9.17) is 11.6 Å². The van der Waals surface area contributed by atoms with Gasteiger partial charge < -0.3 is 10.6 Å². The molecule has 1 heterocycles. The Morgan fingerprint density at radius 2 is 1.64 bits per heavy atom. The van der Waals surface area contributed by atoms with Crippen LogP contribution in [0.15, 0.2) is 48.5 Å². The molecule has 0 saturated heterocycles. The predicted molar refractivity (Wildman–Crippen MR) is 93.5 cm³/mol. The van der Waals surface area contributed by atoms with Crippen molar-refractivity contribution < 1.29 is 14.4 Å². The molecule has 7 heteroatoms. The highest BCUT2D eigenvalue weighted by molar-refractivity contribution is 6.30. The lowest BCUT2D eigenvalue weighted by molar-refractivity contribution is 0.0656. The number of fused-ring (bicyclic) bond motifs is 1. The molecule has 1 aliphatic heterocycles. The van der Waals surface area contributed by atoms with Crippen LogP contribution in [0.4, 0.5) is 4.79 Å². The summed E-state index contributed by atoms with van der Waals surface area (Å²) in [5, 5.41) is 5.93. The van der Waals surface area contributed by atoms with Crippen LogP contribution in [0.25, 0.3) is 0 Å². The van der Waals surface area contributed by atoms with Crippen molar-refractivity contribution in [3.8, 4) is 0 Å². The van der Waals surface area contributed by atoms with Gasteiger partial charge in [-0.25, -0.2) is 4.79 Å². The summed E-state index contributed by atoms with van der Waals surface area (Å²) in [6.07, 6.45) is 0. The molecule has 0 bridgehead atoms. The Balaban J connectivity index is 1.46. The van der Waals surface area contributed by atoms with Gasteiger partial charge in [-0.2, -0.15) is 0 Å². The van der Waals surface area contributed by atoms with Gasteiger partial charge in [0.15, 0.2) is 0 Å². The Morgan fingerprint density at radius 1 is 0.960 bits per heavy atom. The second-order valence-corrected chi connectivity index (χ2v) is 5.98. The van der Waals surface area contributed by atoms with Gasteiger partial charge in [0.05, 0.1) is 11.1 Å². The first-order chi connectivity index (χ1) is 12.1. The summed E-state index contributed by atoms with van der Waals surface area (Å²) in [5.41, 5.74) is 1.68. The number of carbonyl (C=O) groups excluding carboxylic acids is 3. The average molecular weight is 358 g/mol. The standard InChI is InChI=1S/C18H16ClN3O3/c19-13-5-3-4-12(10-13)11-21-18(25)20-8-9-22-16(23)14-6-1-2-7-15(14)17(22)24/h1-7,10H,8-9,11H2,(H2,20,21,25). The fourth-order valence-electron chi connectivity index (χ4n) is 2.62. The van der Waals surface area contributed by atoms with Gasteiger partial charge in [0.2, 0.25) is 0 Å². The van der Waals surface area contributed by atoms with Crippen molar-refractivity contribution in [2.75, 3.05) is 13.1 Å². The Kier molecular flexibility index (Phi) is 5.00. The van der Waals surface area contributed by atoms with Crippen LogP contribution < -0.4 is 10.6 Å². The summed E-state index contributed by atoms with van der Waals surface area (Å²) < 4.78 is 0. The Morgan fingerprint density at radius 3 is 2.28 bits per heavy atom. The molecule has 2 N–H and O–H groups in total. The summed E-state index contributed by atoms with van der Waals surface area (Å²) >= 11 is 5.88. The molecule has 128 valence electrons. The van der Waals surface area contributed by atoms with Gasteiger partial charge in [0.1, 0.15) is 0 Å². The summed E-state index contributed by atoms with van der Waals surface area (Å²) in [5.74, 6) is -0.663. The summed E-state index contributed by atoms with van der Waals surface area (Å²) in [6.45, 7) is 0.628. The average Bonchev–Trinajstić information content (AvgIpc) is 2.85. The van der Waals surface area contributed by atoms with Crippen LogP contribution >= 0.6 is 11.6 Å². The maximum atomic E-state index is 12.2. The number of nitrogens with zero attached hydrogens (tertiary/aromatic N) is 1. The van der Waals surface area contributed by atoms with Gasteiger partial charge in [-0.3, -0.25) is 14.5 Å². The van der Waals surface area contributed by atoms with E-state index >= 15 is 0 Å². The Bertz CT molecular complexity index is 803. The van der Waals surface area contributed by atoms with Gasteiger partial charge in [0.25, 0.3) is 11.8 Å². The first-order valence-corrected chi connectivity index (χ1v) is 8.15. The maximum Gasteiger partial charge on any atom is 0.315 e. The van der Waals surface area contributed by atoms with Gasteiger partial charge in [0, 0.05) is 24.7 Å². The number of imide groups is 1. The molecule has 25 heavy (non-hydrogen) atoms. The van der Waals surface area contributed by atoms with Crippen LogP contribution in [0.1, 0.15) is 26.3 Å². The minimum Gasteiger partial charge on any atom is -0.336 e. The number of urea groups is 1. The van der Waals surface area contributed by atoms with Crippen molar-refractivity contribution in [3.05, 3.63) is 70.2 Å². The van der Waals surface area contributed by atoms with E-state index in [1.165, 1.54) is 0 Å². The minimum absolute atomic E-state index is 0.122. The molecule has 6 nitrogen and oxygen atoms in total. The fourth-order valence-corrected chi connectivity index (χ4v) is 2.83. The molecule has 0 aliphatic carbocycles. The normalized spacial score (nSPS) is 12.9. The van der Waals surface area contributed by atoms with Crippen molar-refractivity contribution >= 4 is 29.4 Å². The van der Waals surface area contributed by atoms with Gasteiger partial charge in [-0.05, 0) is 29.8 Å². The van der Waals surface area contributed by atoms with Crippen LogP contribution in [-0.4, -0.2) is 35.8 Å². The van der Waals surface area contributed by atoms with Crippen molar-refractivity contribution in [2.45, 2.75) is 6.54 Å². The SMILES string of the molecule is O=C(NCCN1C(=O)c2ccccc2C1=O)NCc1cccc(Cl)c1. The van der Waals surface area contributed by atoms with Gasteiger partial charge >= 0.3 is 6.03 Å². The zero-order valence-electron chi connectivity index (χ0n) is 13.3. The first-order valence-electron chi connectivity index (χ1n) is 7.77. The van der Waals surface area contributed by atoms with Crippen LogP contribution in [0.2, 0.25) is 5.02 Å². The monoisotopic (exact) mass is 357 g/mol. The van der Waals surface area contributed by atoms with Crippen molar-refractivity contribution in [3.63, 3.8) is 0 Å². The molecule has 0 spiro atoms. The van der Waals surface area contributed by atoms with E-state index in [1.807, 2.05) is 6.07 Å². The summed E-state index contributed by atoms with van der Waals surface area (Å²) in [6, 6.07) is 13.5. The largest absolute Gasteiger partial charge is 0.336 e. The van der Waals surface area contributed by atoms with E-state index < -0.39 is 0 Å².